The number of aliphatic hydroxyl groups is 1. The number of hydrogen-bond acceptors (Lipinski definition) is 6. The van der Waals surface area contributed by atoms with Crippen molar-refractivity contribution in [2.24, 2.45) is 0 Å². The molecular formula is C27H30N2O5. The molecule has 1 aliphatic rings. The first-order valence-electron chi connectivity index (χ1n) is 11.5. The molecule has 1 aromatic heterocycles. The van der Waals surface area contributed by atoms with E-state index in [0.717, 1.165) is 28.1 Å². The highest BCUT2D eigenvalue weighted by Gasteiger charge is 2.43. The van der Waals surface area contributed by atoms with Crippen molar-refractivity contribution >= 4 is 11.9 Å². The van der Waals surface area contributed by atoms with Crippen molar-refractivity contribution < 1.29 is 24.2 Å². The zero-order chi connectivity index (χ0) is 24.3. The zero-order valence-electron chi connectivity index (χ0n) is 19.8. The number of aryl methyl sites for hydroxylation is 1. The largest absolute Gasteiger partial charge is 0.463 e. The summed E-state index contributed by atoms with van der Waals surface area (Å²) in [5, 5.41) is 14.4. The topological polar surface area (TPSA) is 90.7 Å². The molecule has 34 heavy (non-hydrogen) atoms. The Morgan fingerprint density at radius 2 is 1.68 bits per heavy atom. The van der Waals surface area contributed by atoms with E-state index >= 15 is 0 Å². The molecule has 1 saturated carbocycles. The average molecular weight is 463 g/mol. The van der Waals surface area contributed by atoms with Gasteiger partial charge in [0.15, 0.2) is 5.60 Å². The lowest BCUT2D eigenvalue weighted by Gasteiger charge is -2.37. The highest BCUT2D eigenvalue weighted by Crippen LogP contribution is 2.42. The first kappa shape index (κ1) is 23.7. The van der Waals surface area contributed by atoms with Crippen molar-refractivity contribution in [2.75, 3.05) is 0 Å². The predicted octanol–water partition coefficient (Wildman–Crippen LogP) is 4.60. The smallest absolute Gasteiger partial charge is 0.303 e. The van der Waals surface area contributed by atoms with Crippen LogP contribution in [-0.2, 0) is 31.3 Å². The Bertz CT molecular complexity index is 1160. The normalized spacial score (nSPS) is 20.1. The van der Waals surface area contributed by atoms with E-state index in [2.05, 4.69) is 0 Å². The number of nitrogens with zero attached hydrogens (tertiary/aromatic N) is 2. The Labute approximate surface area is 199 Å². The molecule has 7 heteroatoms. The van der Waals surface area contributed by atoms with Gasteiger partial charge in [-0.2, -0.15) is 5.10 Å². The number of hydrogen-bond donors (Lipinski definition) is 1. The molecular weight excluding hydrogens is 432 g/mol. The van der Waals surface area contributed by atoms with E-state index in [1.807, 2.05) is 66.2 Å². The summed E-state index contributed by atoms with van der Waals surface area (Å²) in [5.74, 6) is -0.674. The number of carbonyl (C=O) groups is 2. The molecule has 7 nitrogen and oxygen atoms in total. The van der Waals surface area contributed by atoms with E-state index in [4.69, 9.17) is 14.6 Å². The van der Waals surface area contributed by atoms with Crippen LogP contribution >= 0.6 is 0 Å². The van der Waals surface area contributed by atoms with Crippen LogP contribution in [-0.4, -0.2) is 32.9 Å². The summed E-state index contributed by atoms with van der Waals surface area (Å²) in [5.41, 5.74) is 4.45. The molecule has 0 atom stereocenters. The number of benzene rings is 2. The second-order valence-corrected chi connectivity index (χ2v) is 8.91. The molecule has 1 N–H and O–H groups in total. The molecule has 0 bridgehead atoms. The summed E-state index contributed by atoms with van der Waals surface area (Å²) in [6.45, 7) is 4.82. The van der Waals surface area contributed by atoms with Crippen molar-refractivity contribution in [3.63, 3.8) is 0 Å². The standard InChI is InChI=1S/C27H30N2O5/c1-18-4-8-22(9-5-18)25-16-26(28-29(25)23-10-6-21(17-30)7-11-23)27(34-20(3)32)14-12-24(13-15-27)33-19(2)31/h4-11,16,24,30H,12-15,17H2,1-3H3. The van der Waals surface area contributed by atoms with Crippen LogP contribution in [0.3, 0.4) is 0 Å². The summed E-state index contributed by atoms with van der Waals surface area (Å²) in [4.78, 5) is 23.5. The highest BCUT2D eigenvalue weighted by molar-refractivity contribution is 5.68. The van der Waals surface area contributed by atoms with Gasteiger partial charge >= 0.3 is 11.9 Å². The fourth-order valence-corrected chi connectivity index (χ4v) is 4.57. The molecule has 1 heterocycles. The maximum absolute atomic E-state index is 12.1. The maximum Gasteiger partial charge on any atom is 0.303 e. The van der Waals surface area contributed by atoms with Crippen LogP contribution in [0.15, 0.2) is 54.6 Å². The minimum Gasteiger partial charge on any atom is -0.463 e. The lowest BCUT2D eigenvalue weighted by atomic mass is 9.80. The van der Waals surface area contributed by atoms with Crippen molar-refractivity contribution in [2.45, 2.75) is 64.8 Å². The van der Waals surface area contributed by atoms with Crippen LogP contribution in [0.1, 0.15) is 56.4 Å². The lowest BCUT2D eigenvalue weighted by Crippen LogP contribution is -2.39. The molecule has 0 unspecified atom stereocenters. The summed E-state index contributed by atoms with van der Waals surface area (Å²) in [6.07, 6.45) is 2.01. The number of aromatic nitrogens is 2. The molecule has 0 saturated heterocycles. The second kappa shape index (κ2) is 9.81. The molecule has 1 fully saturated rings. The average Bonchev–Trinajstić information content (AvgIpc) is 3.26. The van der Waals surface area contributed by atoms with E-state index in [1.54, 1.807) is 0 Å². The fraction of sp³-hybridized carbons (Fsp3) is 0.370. The minimum absolute atomic E-state index is 0.0332. The Morgan fingerprint density at radius 3 is 2.24 bits per heavy atom. The van der Waals surface area contributed by atoms with Crippen LogP contribution in [0.2, 0.25) is 0 Å². The summed E-state index contributed by atoms with van der Waals surface area (Å²) in [6, 6.07) is 17.7. The third-order valence-electron chi connectivity index (χ3n) is 6.30. The minimum atomic E-state index is -0.891. The Kier molecular flexibility index (Phi) is 6.84. The SMILES string of the molecule is CC(=O)OC1CCC(OC(C)=O)(c2cc(-c3ccc(C)cc3)n(-c3ccc(CO)cc3)n2)CC1. The van der Waals surface area contributed by atoms with Gasteiger partial charge in [0.2, 0.25) is 0 Å². The van der Waals surface area contributed by atoms with Crippen molar-refractivity contribution in [3.8, 4) is 16.9 Å². The highest BCUT2D eigenvalue weighted by atomic mass is 16.6. The van der Waals surface area contributed by atoms with Crippen LogP contribution in [0.25, 0.3) is 16.9 Å². The molecule has 178 valence electrons. The van der Waals surface area contributed by atoms with E-state index in [0.29, 0.717) is 31.4 Å². The molecule has 1 aliphatic carbocycles. The van der Waals surface area contributed by atoms with E-state index in [1.165, 1.54) is 13.8 Å². The summed E-state index contributed by atoms with van der Waals surface area (Å²) < 4.78 is 13.2. The van der Waals surface area contributed by atoms with Gasteiger partial charge in [0.05, 0.1) is 18.0 Å². The van der Waals surface area contributed by atoms with Gasteiger partial charge in [0.1, 0.15) is 11.8 Å². The van der Waals surface area contributed by atoms with Crippen molar-refractivity contribution in [3.05, 3.63) is 71.4 Å². The predicted molar refractivity (Wildman–Crippen MR) is 127 cm³/mol. The van der Waals surface area contributed by atoms with Gasteiger partial charge in [-0.1, -0.05) is 42.0 Å². The molecule has 0 aliphatic heterocycles. The van der Waals surface area contributed by atoms with Crippen molar-refractivity contribution in [1.82, 2.24) is 9.78 Å². The molecule has 4 rings (SSSR count). The van der Waals surface area contributed by atoms with Gasteiger partial charge in [-0.15, -0.1) is 0 Å². The van der Waals surface area contributed by atoms with Crippen LogP contribution in [0.5, 0.6) is 0 Å². The van der Waals surface area contributed by atoms with Crippen LogP contribution < -0.4 is 0 Å². The number of rotatable bonds is 6. The van der Waals surface area contributed by atoms with Gasteiger partial charge in [-0.3, -0.25) is 9.59 Å². The van der Waals surface area contributed by atoms with Crippen LogP contribution in [0, 0.1) is 6.92 Å². The van der Waals surface area contributed by atoms with E-state index < -0.39 is 5.60 Å². The second-order valence-electron chi connectivity index (χ2n) is 8.91. The molecule has 2 aromatic carbocycles. The Balaban J connectivity index is 1.78. The van der Waals surface area contributed by atoms with Gasteiger partial charge in [-0.25, -0.2) is 4.68 Å². The lowest BCUT2D eigenvalue weighted by molar-refractivity contribution is -0.170. The first-order chi connectivity index (χ1) is 16.3. The van der Waals surface area contributed by atoms with Gasteiger partial charge < -0.3 is 14.6 Å². The monoisotopic (exact) mass is 462 g/mol. The summed E-state index contributed by atoms with van der Waals surface area (Å²) in [7, 11) is 0. The quantitative estimate of drug-likeness (QED) is 0.538. The molecule has 0 radical (unpaired) electrons. The fourth-order valence-electron chi connectivity index (χ4n) is 4.57. The molecule has 3 aromatic rings. The third-order valence-corrected chi connectivity index (χ3v) is 6.30. The Hall–Kier alpha value is -3.45. The zero-order valence-corrected chi connectivity index (χ0v) is 19.8. The number of aliphatic hydroxyl groups excluding tert-OH is 1. The van der Waals surface area contributed by atoms with Crippen molar-refractivity contribution in [1.29, 1.82) is 0 Å². The number of esters is 2. The van der Waals surface area contributed by atoms with E-state index in [9.17, 15) is 14.7 Å². The maximum atomic E-state index is 12.1. The van der Waals surface area contributed by atoms with Gasteiger partial charge in [0, 0.05) is 19.4 Å². The third kappa shape index (κ3) is 5.04. The number of carbonyl (C=O) groups excluding carboxylic acids is 2. The first-order valence-corrected chi connectivity index (χ1v) is 11.5. The molecule has 0 spiro atoms. The van der Waals surface area contributed by atoms with Crippen LogP contribution in [0.4, 0.5) is 0 Å². The molecule has 0 amide bonds. The Morgan fingerprint density at radius 1 is 1.03 bits per heavy atom. The van der Waals surface area contributed by atoms with E-state index in [-0.39, 0.29) is 24.6 Å². The summed E-state index contributed by atoms with van der Waals surface area (Å²) >= 11 is 0. The number of ether oxygens (including phenoxy) is 2. The van der Waals surface area contributed by atoms with Gasteiger partial charge in [-0.05, 0) is 56.4 Å². The van der Waals surface area contributed by atoms with Gasteiger partial charge in [0.25, 0.3) is 0 Å².